The van der Waals surface area contributed by atoms with E-state index in [-0.39, 0.29) is 23.3 Å². The van der Waals surface area contributed by atoms with Gasteiger partial charge in [0.1, 0.15) is 11.5 Å². The summed E-state index contributed by atoms with van der Waals surface area (Å²) in [6, 6.07) is 1.91. The molecule has 4 heteroatoms. The van der Waals surface area contributed by atoms with Gasteiger partial charge >= 0.3 is 0 Å². The molecule has 0 aliphatic carbocycles. The van der Waals surface area contributed by atoms with Gasteiger partial charge in [0, 0.05) is 12.1 Å². The molecule has 20 heavy (non-hydrogen) atoms. The zero-order valence-corrected chi connectivity index (χ0v) is 13.5. The van der Waals surface area contributed by atoms with E-state index >= 15 is 0 Å². The molecule has 0 bridgehead atoms. The molecule has 2 atom stereocenters. The largest absolute Gasteiger partial charge is 0.466 e. The number of carbonyl (C=O) groups excluding carboxylic acids is 1. The molecule has 4 nitrogen and oxygen atoms in total. The molecule has 2 unspecified atom stereocenters. The van der Waals surface area contributed by atoms with E-state index in [9.17, 15) is 4.79 Å². The minimum absolute atomic E-state index is 0.0215. The van der Waals surface area contributed by atoms with Crippen LogP contribution in [0.1, 0.15) is 57.2 Å². The van der Waals surface area contributed by atoms with E-state index in [1.165, 1.54) is 0 Å². The van der Waals surface area contributed by atoms with Gasteiger partial charge in [-0.15, -0.1) is 0 Å². The molecular formula is C16H28N2O2. The molecule has 3 N–H and O–H groups in total. The highest BCUT2D eigenvalue weighted by Gasteiger charge is 2.25. The van der Waals surface area contributed by atoms with Crippen molar-refractivity contribution >= 4 is 5.91 Å². The van der Waals surface area contributed by atoms with E-state index in [0.29, 0.717) is 6.54 Å². The van der Waals surface area contributed by atoms with Crippen LogP contribution in [-0.2, 0) is 4.79 Å². The van der Waals surface area contributed by atoms with Crippen LogP contribution >= 0.6 is 0 Å². The minimum atomic E-state index is -0.147. The predicted octanol–water partition coefficient (Wildman–Crippen LogP) is 3.08. The van der Waals surface area contributed by atoms with Gasteiger partial charge in [0.15, 0.2) is 0 Å². The Hall–Kier alpha value is -1.29. The Kier molecular flexibility index (Phi) is 5.40. The van der Waals surface area contributed by atoms with Crippen LogP contribution in [0.25, 0.3) is 0 Å². The van der Waals surface area contributed by atoms with Crippen molar-refractivity contribution in [1.82, 2.24) is 5.32 Å². The lowest BCUT2D eigenvalue weighted by Gasteiger charge is -2.25. The number of hydrogen-bond acceptors (Lipinski definition) is 3. The zero-order chi connectivity index (χ0) is 15.5. The van der Waals surface area contributed by atoms with Gasteiger partial charge in [0.2, 0.25) is 5.91 Å². The van der Waals surface area contributed by atoms with Crippen molar-refractivity contribution in [2.24, 2.45) is 17.1 Å². The van der Waals surface area contributed by atoms with Gasteiger partial charge in [-0.1, -0.05) is 20.8 Å². The number of hydrogen-bond donors (Lipinski definition) is 2. The summed E-state index contributed by atoms with van der Waals surface area (Å²) >= 11 is 0. The van der Waals surface area contributed by atoms with Gasteiger partial charge in [-0.25, -0.2) is 0 Å². The van der Waals surface area contributed by atoms with Gasteiger partial charge < -0.3 is 15.5 Å². The molecule has 0 radical (unpaired) electrons. The van der Waals surface area contributed by atoms with Gasteiger partial charge in [0.25, 0.3) is 0 Å². The Labute approximate surface area is 122 Å². The number of amides is 1. The molecular weight excluding hydrogens is 252 g/mol. The SMILES string of the molecule is Cc1cc(C(C)NC(=O)C(CN)CC(C)(C)C)c(C)o1. The highest BCUT2D eigenvalue weighted by atomic mass is 16.3. The van der Waals surface area contributed by atoms with Crippen LogP contribution in [-0.4, -0.2) is 12.5 Å². The van der Waals surface area contributed by atoms with Crippen LogP contribution in [0, 0.1) is 25.2 Å². The maximum atomic E-state index is 12.3. The summed E-state index contributed by atoms with van der Waals surface area (Å²) in [5.41, 5.74) is 6.87. The average molecular weight is 280 g/mol. The van der Waals surface area contributed by atoms with Crippen molar-refractivity contribution in [3.63, 3.8) is 0 Å². The third kappa shape index (κ3) is 4.67. The third-order valence-electron chi connectivity index (χ3n) is 3.42. The van der Waals surface area contributed by atoms with Crippen LogP contribution in [0.4, 0.5) is 0 Å². The van der Waals surface area contributed by atoms with Crippen molar-refractivity contribution in [2.75, 3.05) is 6.54 Å². The fourth-order valence-corrected chi connectivity index (χ4v) is 2.51. The zero-order valence-electron chi connectivity index (χ0n) is 13.5. The number of nitrogens with two attached hydrogens (primary N) is 1. The molecule has 0 fully saturated rings. The normalized spacial score (nSPS) is 14.9. The number of nitrogens with one attached hydrogen (secondary N) is 1. The highest BCUT2D eigenvalue weighted by molar-refractivity contribution is 5.79. The smallest absolute Gasteiger partial charge is 0.224 e. The number of carbonyl (C=O) groups is 1. The van der Waals surface area contributed by atoms with Gasteiger partial charge in [-0.2, -0.15) is 0 Å². The van der Waals surface area contributed by atoms with E-state index in [4.69, 9.17) is 10.2 Å². The second-order valence-electron chi connectivity index (χ2n) is 6.80. The predicted molar refractivity (Wildman–Crippen MR) is 81.4 cm³/mol. The molecule has 0 spiro atoms. The minimum Gasteiger partial charge on any atom is -0.466 e. The van der Waals surface area contributed by atoms with Crippen LogP contribution in [0.2, 0.25) is 0 Å². The topological polar surface area (TPSA) is 68.3 Å². The standard InChI is InChI=1S/C16H28N2O2/c1-10-7-14(12(3)20-10)11(2)18-15(19)13(9-17)8-16(4,5)6/h7,11,13H,8-9,17H2,1-6H3,(H,18,19). The summed E-state index contributed by atoms with van der Waals surface area (Å²) in [7, 11) is 0. The molecule has 0 saturated carbocycles. The summed E-state index contributed by atoms with van der Waals surface area (Å²) in [6.07, 6.45) is 0.783. The van der Waals surface area contributed by atoms with E-state index in [1.807, 2.05) is 26.8 Å². The second-order valence-corrected chi connectivity index (χ2v) is 6.80. The molecule has 0 aromatic carbocycles. The maximum Gasteiger partial charge on any atom is 0.224 e. The van der Waals surface area contributed by atoms with Crippen molar-refractivity contribution in [1.29, 1.82) is 0 Å². The van der Waals surface area contributed by atoms with Crippen molar-refractivity contribution in [3.8, 4) is 0 Å². The van der Waals surface area contributed by atoms with Gasteiger partial charge in [-0.05, 0) is 38.7 Å². The first-order valence-electron chi connectivity index (χ1n) is 7.21. The Bertz CT molecular complexity index is 458. The molecule has 1 amide bonds. The quantitative estimate of drug-likeness (QED) is 0.871. The summed E-state index contributed by atoms with van der Waals surface area (Å²) < 4.78 is 5.51. The molecule has 0 aliphatic heterocycles. The summed E-state index contributed by atoms with van der Waals surface area (Å²) in [5.74, 6) is 1.60. The first-order valence-corrected chi connectivity index (χ1v) is 7.21. The summed E-state index contributed by atoms with van der Waals surface area (Å²) in [5, 5.41) is 3.04. The molecule has 114 valence electrons. The van der Waals surface area contributed by atoms with E-state index < -0.39 is 0 Å². The third-order valence-corrected chi connectivity index (χ3v) is 3.42. The van der Waals surface area contributed by atoms with Crippen LogP contribution in [0.5, 0.6) is 0 Å². The molecule has 1 aromatic rings. The number of furan rings is 1. The average Bonchev–Trinajstić information content (AvgIpc) is 2.64. The van der Waals surface area contributed by atoms with Crippen molar-refractivity contribution in [3.05, 3.63) is 23.2 Å². The highest BCUT2D eigenvalue weighted by Crippen LogP contribution is 2.26. The first kappa shape index (κ1) is 16.8. The Morgan fingerprint density at radius 1 is 1.40 bits per heavy atom. The first-order chi connectivity index (χ1) is 9.14. The number of rotatable bonds is 5. The Morgan fingerprint density at radius 2 is 2.00 bits per heavy atom. The Balaban J connectivity index is 2.71. The van der Waals surface area contributed by atoms with Gasteiger partial charge in [0.05, 0.1) is 12.0 Å². The van der Waals surface area contributed by atoms with Crippen LogP contribution < -0.4 is 11.1 Å². The lowest BCUT2D eigenvalue weighted by Crippen LogP contribution is -2.38. The lowest BCUT2D eigenvalue weighted by atomic mass is 9.84. The fraction of sp³-hybridized carbons (Fsp3) is 0.688. The van der Waals surface area contributed by atoms with E-state index in [1.54, 1.807) is 0 Å². The fourth-order valence-electron chi connectivity index (χ4n) is 2.51. The molecule has 1 aromatic heterocycles. The summed E-state index contributed by atoms with van der Waals surface area (Å²) in [4.78, 5) is 12.3. The maximum absolute atomic E-state index is 12.3. The van der Waals surface area contributed by atoms with Crippen LogP contribution in [0.3, 0.4) is 0 Å². The van der Waals surface area contributed by atoms with Crippen LogP contribution in [0.15, 0.2) is 10.5 Å². The van der Waals surface area contributed by atoms with E-state index in [2.05, 4.69) is 26.1 Å². The number of aryl methyl sites for hydroxylation is 2. The van der Waals surface area contributed by atoms with E-state index in [0.717, 1.165) is 23.5 Å². The Morgan fingerprint density at radius 3 is 2.40 bits per heavy atom. The molecule has 1 rings (SSSR count). The lowest BCUT2D eigenvalue weighted by molar-refractivity contribution is -0.126. The molecule has 1 heterocycles. The molecule has 0 aliphatic rings. The van der Waals surface area contributed by atoms with Gasteiger partial charge in [-0.3, -0.25) is 4.79 Å². The monoisotopic (exact) mass is 280 g/mol. The van der Waals surface area contributed by atoms with Crippen molar-refractivity contribution in [2.45, 2.75) is 54.0 Å². The van der Waals surface area contributed by atoms with Crippen molar-refractivity contribution < 1.29 is 9.21 Å². The molecule has 0 saturated heterocycles. The summed E-state index contributed by atoms with van der Waals surface area (Å²) in [6.45, 7) is 12.5. The second kappa shape index (κ2) is 6.44.